The summed E-state index contributed by atoms with van der Waals surface area (Å²) in [4.78, 5) is 27.8. The van der Waals surface area contributed by atoms with Crippen LogP contribution in [0.1, 0.15) is 16.1 Å². The van der Waals surface area contributed by atoms with Crippen LogP contribution in [-0.4, -0.2) is 43.1 Å². The number of amides is 1. The molecule has 0 unspecified atom stereocenters. The quantitative estimate of drug-likeness (QED) is 0.288. The highest BCUT2D eigenvalue weighted by Crippen LogP contribution is 2.34. The molecule has 0 fully saturated rings. The second-order valence-electron chi connectivity index (χ2n) is 7.50. The first kappa shape index (κ1) is 21.9. The van der Waals surface area contributed by atoms with Crippen molar-refractivity contribution in [1.82, 2.24) is 35.5 Å². The number of carbonyl (C=O) groups is 1. The van der Waals surface area contributed by atoms with Gasteiger partial charge in [0.05, 0.1) is 16.9 Å². The Kier molecular flexibility index (Phi) is 5.53. The zero-order valence-electron chi connectivity index (χ0n) is 18.5. The molecule has 5 aromatic rings. The zero-order chi connectivity index (χ0) is 24.5. The molecular weight excluding hydrogens is 458 g/mol. The fourth-order valence-electron chi connectivity index (χ4n) is 3.54. The molecule has 35 heavy (non-hydrogen) atoms. The number of nitrogens with zero attached hydrogens (tertiary/aromatic N) is 4. The fraction of sp³-hybridized carbons (Fsp3) is 0.0870. The molecule has 5 rings (SSSR count). The Hall–Kier alpha value is -4.87. The molecule has 1 aromatic carbocycles. The largest absolute Gasteiger partial charge is 0.435 e. The molecular formula is C23H18F2N8O2. The molecule has 0 aliphatic heterocycles. The Labute approximate surface area is 196 Å². The summed E-state index contributed by atoms with van der Waals surface area (Å²) in [5.74, 6) is -2.43. The van der Waals surface area contributed by atoms with Crippen LogP contribution in [0.5, 0.6) is 11.6 Å². The van der Waals surface area contributed by atoms with Gasteiger partial charge in [0.25, 0.3) is 5.91 Å². The SMILES string of the molecule is CNC(=O)c1c(Nc2cc(-c3ccccn3)[nH]n2)ncnc1Oc1cc(F)c2[nH]c(C)cc2c1F. The van der Waals surface area contributed by atoms with Gasteiger partial charge in [0.15, 0.2) is 29.0 Å². The number of fused-ring (bicyclic) bond motifs is 1. The van der Waals surface area contributed by atoms with Crippen LogP contribution in [0.15, 0.2) is 48.9 Å². The highest BCUT2D eigenvalue weighted by Gasteiger charge is 2.24. The summed E-state index contributed by atoms with van der Waals surface area (Å²) in [7, 11) is 1.41. The number of halogens is 2. The van der Waals surface area contributed by atoms with Crippen LogP contribution in [0.3, 0.4) is 0 Å². The Morgan fingerprint density at radius 3 is 2.74 bits per heavy atom. The van der Waals surface area contributed by atoms with E-state index in [4.69, 9.17) is 4.74 Å². The lowest BCUT2D eigenvalue weighted by Crippen LogP contribution is -2.21. The Balaban J connectivity index is 1.52. The summed E-state index contributed by atoms with van der Waals surface area (Å²) < 4.78 is 35.2. The van der Waals surface area contributed by atoms with Crippen LogP contribution in [0.25, 0.3) is 22.3 Å². The average molecular weight is 476 g/mol. The van der Waals surface area contributed by atoms with Crippen molar-refractivity contribution in [1.29, 1.82) is 0 Å². The maximum absolute atomic E-state index is 15.1. The van der Waals surface area contributed by atoms with Crippen LogP contribution < -0.4 is 15.4 Å². The van der Waals surface area contributed by atoms with E-state index in [2.05, 4.69) is 40.8 Å². The molecule has 0 atom stereocenters. The maximum atomic E-state index is 15.1. The number of aryl methyl sites for hydroxylation is 1. The van der Waals surface area contributed by atoms with E-state index in [0.29, 0.717) is 22.9 Å². The van der Waals surface area contributed by atoms with Gasteiger partial charge in [0, 0.05) is 36.5 Å². The Morgan fingerprint density at radius 2 is 1.97 bits per heavy atom. The molecule has 0 radical (unpaired) electrons. The van der Waals surface area contributed by atoms with Crippen LogP contribution >= 0.6 is 0 Å². The number of pyridine rings is 1. The molecule has 4 N–H and O–H groups in total. The monoisotopic (exact) mass is 476 g/mol. The number of ether oxygens (including phenoxy) is 1. The molecule has 0 aliphatic rings. The minimum atomic E-state index is -0.797. The maximum Gasteiger partial charge on any atom is 0.260 e. The summed E-state index contributed by atoms with van der Waals surface area (Å²) >= 11 is 0. The lowest BCUT2D eigenvalue weighted by atomic mass is 10.2. The number of carbonyl (C=O) groups excluding carboxylic acids is 1. The third kappa shape index (κ3) is 4.12. The number of aromatic amines is 2. The Morgan fingerprint density at radius 1 is 1.11 bits per heavy atom. The number of benzene rings is 1. The highest BCUT2D eigenvalue weighted by molar-refractivity contribution is 6.01. The molecule has 12 heteroatoms. The van der Waals surface area contributed by atoms with Gasteiger partial charge in [-0.1, -0.05) is 6.07 Å². The predicted octanol–water partition coefficient (Wildman–Crippen LogP) is 4.23. The third-order valence-electron chi connectivity index (χ3n) is 5.14. The van der Waals surface area contributed by atoms with Gasteiger partial charge in [-0.25, -0.2) is 18.7 Å². The van der Waals surface area contributed by atoms with E-state index in [1.165, 1.54) is 13.1 Å². The molecule has 0 saturated heterocycles. The third-order valence-corrected chi connectivity index (χ3v) is 5.14. The predicted molar refractivity (Wildman–Crippen MR) is 124 cm³/mol. The fourth-order valence-corrected chi connectivity index (χ4v) is 3.54. The molecule has 4 aromatic heterocycles. The van der Waals surface area contributed by atoms with Crippen LogP contribution in [-0.2, 0) is 0 Å². The summed E-state index contributed by atoms with van der Waals surface area (Å²) in [6, 6.07) is 9.46. The molecule has 0 aliphatic carbocycles. The first-order chi connectivity index (χ1) is 16.9. The van der Waals surface area contributed by atoms with E-state index in [1.54, 1.807) is 31.3 Å². The van der Waals surface area contributed by atoms with Gasteiger partial charge in [0.1, 0.15) is 11.9 Å². The first-order valence-corrected chi connectivity index (χ1v) is 10.4. The van der Waals surface area contributed by atoms with Crippen molar-refractivity contribution in [3.8, 4) is 23.0 Å². The molecule has 176 valence electrons. The van der Waals surface area contributed by atoms with Crippen molar-refractivity contribution in [2.75, 3.05) is 12.4 Å². The molecule has 10 nitrogen and oxygen atoms in total. The van der Waals surface area contributed by atoms with E-state index in [0.717, 1.165) is 12.4 Å². The summed E-state index contributed by atoms with van der Waals surface area (Å²) in [5.41, 5.74) is 1.78. The number of H-pyrrole nitrogens is 2. The highest BCUT2D eigenvalue weighted by atomic mass is 19.1. The van der Waals surface area contributed by atoms with Gasteiger partial charge in [-0.15, -0.1) is 0 Å². The topological polar surface area (TPSA) is 134 Å². The summed E-state index contributed by atoms with van der Waals surface area (Å²) in [6.07, 6.45) is 2.78. The number of rotatable bonds is 6. The van der Waals surface area contributed by atoms with Crippen LogP contribution in [0.4, 0.5) is 20.4 Å². The van der Waals surface area contributed by atoms with E-state index in [-0.39, 0.29) is 28.2 Å². The molecule has 0 spiro atoms. The number of hydrogen-bond acceptors (Lipinski definition) is 7. The second-order valence-corrected chi connectivity index (χ2v) is 7.50. The minimum absolute atomic E-state index is 0.0185. The lowest BCUT2D eigenvalue weighted by Gasteiger charge is -2.13. The second kappa shape index (κ2) is 8.82. The van der Waals surface area contributed by atoms with Crippen LogP contribution in [0, 0.1) is 18.6 Å². The van der Waals surface area contributed by atoms with Gasteiger partial charge in [-0.2, -0.15) is 5.10 Å². The summed E-state index contributed by atoms with van der Waals surface area (Å²) in [6.45, 7) is 1.68. The number of aromatic nitrogens is 6. The van der Waals surface area contributed by atoms with E-state index in [1.807, 2.05) is 6.07 Å². The smallest absolute Gasteiger partial charge is 0.260 e. The molecule has 0 saturated carbocycles. The normalized spacial score (nSPS) is 11.0. The van der Waals surface area contributed by atoms with Crippen molar-refractivity contribution >= 4 is 28.4 Å². The van der Waals surface area contributed by atoms with Gasteiger partial charge in [-0.05, 0) is 25.1 Å². The number of anilines is 2. The number of hydrogen-bond donors (Lipinski definition) is 4. The van der Waals surface area contributed by atoms with Crippen LogP contribution in [0.2, 0.25) is 0 Å². The van der Waals surface area contributed by atoms with Gasteiger partial charge >= 0.3 is 0 Å². The van der Waals surface area contributed by atoms with E-state index < -0.39 is 23.3 Å². The van der Waals surface area contributed by atoms with E-state index in [9.17, 15) is 9.18 Å². The van der Waals surface area contributed by atoms with Crippen molar-refractivity contribution < 1.29 is 18.3 Å². The summed E-state index contributed by atoms with van der Waals surface area (Å²) in [5, 5.41) is 12.4. The number of nitrogens with one attached hydrogen (secondary N) is 4. The van der Waals surface area contributed by atoms with Gasteiger partial charge < -0.3 is 20.4 Å². The van der Waals surface area contributed by atoms with Gasteiger partial charge in [0.2, 0.25) is 5.88 Å². The minimum Gasteiger partial charge on any atom is -0.435 e. The van der Waals surface area contributed by atoms with Crippen molar-refractivity contribution in [2.45, 2.75) is 6.92 Å². The van der Waals surface area contributed by atoms with E-state index >= 15 is 4.39 Å². The Bertz CT molecular complexity index is 1550. The van der Waals surface area contributed by atoms with Crippen molar-refractivity contribution in [3.05, 3.63) is 71.8 Å². The van der Waals surface area contributed by atoms with Gasteiger partial charge in [-0.3, -0.25) is 14.9 Å². The molecule has 1 amide bonds. The average Bonchev–Trinajstić information content (AvgIpc) is 3.50. The standard InChI is InChI=1S/C23H18F2N8O2/c1-11-7-12-19(25)16(8-13(24)20(12)30-11)35-23-18(22(34)26-2)21(28-10-29-23)31-17-9-15(32-33-17)14-5-3-4-6-27-14/h3-10,30H,1-2H3,(H,26,34)(H2,28,29,31,32,33). The lowest BCUT2D eigenvalue weighted by molar-refractivity contribution is 0.0960. The van der Waals surface area contributed by atoms with Crippen molar-refractivity contribution in [3.63, 3.8) is 0 Å². The van der Waals surface area contributed by atoms with Crippen molar-refractivity contribution in [2.24, 2.45) is 0 Å². The molecule has 0 bridgehead atoms. The first-order valence-electron chi connectivity index (χ1n) is 10.4. The zero-order valence-corrected chi connectivity index (χ0v) is 18.5. The molecule has 4 heterocycles.